The molecule has 0 saturated carbocycles. The van der Waals surface area contributed by atoms with Gasteiger partial charge in [0.05, 0.1) is 16.1 Å². The summed E-state index contributed by atoms with van der Waals surface area (Å²) >= 11 is 3.18. The predicted molar refractivity (Wildman–Crippen MR) is 100 cm³/mol. The summed E-state index contributed by atoms with van der Waals surface area (Å²) in [5, 5.41) is 0. The highest BCUT2D eigenvalue weighted by Gasteiger charge is 2.24. The summed E-state index contributed by atoms with van der Waals surface area (Å²) in [6.07, 6.45) is 5.64. The first kappa shape index (κ1) is 16.9. The number of thioether (sulfide) groups is 2. The second kappa shape index (κ2) is 8.22. The molecule has 0 bridgehead atoms. The van der Waals surface area contributed by atoms with Crippen LogP contribution in [0.2, 0.25) is 0 Å². The molecule has 1 aromatic carbocycles. The van der Waals surface area contributed by atoms with Crippen molar-refractivity contribution in [3.8, 4) is 0 Å². The van der Waals surface area contributed by atoms with Crippen LogP contribution in [-0.2, 0) is 4.79 Å². The number of Topliss-reactive ketones (excluding diaryl/α,β-unsaturated/α-hetero) is 1. The SMILES string of the molecule is O=C(C=Cc1ccco1)C(C(=O)c1ccccc1)=C1SCCCS1. The lowest BCUT2D eigenvalue weighted by Gasteiger charge is -2.16. The minimum atomic E-state index is -0.280. The average molecular weight is 356 g/mol. The van der Waals surface area contributed by atoms with Gasteiger partial charge in [-0.2, -0.15) is 0 Å². The molecule has 1 aliphatic heterocycles. The number of hydrogen-bond acceptors (Lipinski definition) is 5. The van der Waals surface area contributed by atoms with Gasteiger partial charge in [-0.1, -0.05) is 30.3 Å². The van der Waals surface area contributed by atoms with Crippen LogP contribution in [0.1, 0.15) is 22.5 Å². The molecule has 2 aromatic rings. The van der Waals surface area contributed by atoms with Crippen LogP contribution in [0.4, 0.5) is 0 Å². The summed E-state index contributed by atoms with van der Waals surface area (Å²) in [7, 11) is 0. The molecule has 1 fully saturated rings. The van der Waals surface area contributed by atoms with Crippen LogP contribution in [0.3, 0.4) is 0 Å². The summed E-state index contributed by atoms with van der Waals surface area (Å²) in [6.45, 7) is 0. The maximum absolute atomic E-state index is 12.9. The van der Waals surface area contributed by atoms with Crippen LogP contribution in [-0.4, -0.2) is 23.1 Å². The van der Waals surface area contributed by atoms with Gasteiger partial charge in [0.1, 0.15) is 5.76 Å². The topological polar surface area (TPSA) is 47.3 Å². The van der Waals surface area contributed by atoms with Gasteiger partial charge in [-0.3, -0.25) is 9.59 Å². The second-order valence-corrected chi connectivity index (χ2v) is 7.59. The zero-order chi connectivity index (χ0) is 16.8. The Hall–Kier alpha value is -1.98. The second-order valence-electron chi connectivity index (χ2n) is 5.12. The van der Waals surface area contributed by atoms with Crippen molar-refractivity contribution in [1.29, 1.82) is 0 Å². The standard InChI is InChI=1S/C19H16O3S2/c20-16(10-9-15-8-4-11-22-15)17(19-23-12-5-13-24-19)18(21)14-6-2-1-3-7-14/h1-4,6-11H,5,12-13H2. The molecule has 0 N–H and O–H groups in total. The van der Waals surface area contributed by atoms with Gasteiger partial charge in [-0.15, -0.1) is 23.5 Å². The molecule has 1 saturated heterocycles. The predicted octanol–water partition coefficient (Wildman–Crippen LogP) is 4.83. The molecule has 0 amide bonds. The molecule has 3 rings (SSSR count). The van der Waals surface area contributed by atoms with E-state index in [9.17, 15) is 9.59 Å². The molecule has 1 aromatic heterocycles. The van der Waals surface area contributed by atoms with E-state index < -0.39 is 0 Å². The minimum Gasteiger partial charge on any atom is -0.465 e. The molecular formula is C19H16O3S2. The van der Waals surface area contributed by atoms with Crippen molar-refractivity contribution >= 4 is 41.2 Å². The lowest BCUT2D eigenvalue weighted by Crippen LogP contribution is -2.14. The molecule has 122 valence electrons. The van der Waals surface area contributed by atoms with E-state index in [2.05, 4.69) is 0 Å². The maximum Gasteiger partial charge on any atom is 0.198 e. The first-order valence-electron chi connectivity index (χ1n) is 7.61. The van der Waals surface area contributed by atoms with Crippen LogP contribution < -0.4 is 0 Å². The molecule has 2 heterocycles. The van der Waals surface area contributed by atoms with E-state index in [0.29, 0.717) is 11.3 Å². The van der Waals surface area contributed by atoms with E-state index in [1.165, 1.54) is 6.08 Å². The van der Waals surface area contributed by atoms with E-state index >= 15 is 0 Å². The van der Waals surface area contributed by atoms with Gasteiger partial charge >= 0.3 is 0 Å². The van der Waals surface area contributed by atoms with Gasteiger partial charge < -0.3 is 4.42 Å². The molecule has 0 aliphatic carbocycles. The highest BCUT2D eigenvalue weighted by Crippen LogP contribution is 2.38. The van der Waals surface area contributed by atoms with Crippen LogP contribution in [0.5, 0.6) is 0 Å². The fourth-order valence-corrected chi connectivity index (χ4v) is 4.88. The monoisotopic (exact) mass is 356 g/mol. The van der Waals surface area contributed by atoms with Gasteiger partial charge in [0.15, 0.2) is 11.6 Å². The molecule has 0 spiro atoms. The summed E-state index contributed by atoms with van der Waals surface area (Å²) in [6, 6.07) is 12.5. The molecule has 24 heavy (non-hydrogen) atoms. The molecule has 1 aliphatic rings. The van der Waals surface area contributed by atoms with E-state index in [-0.39, 0.29) is 17.1 Å². The Morgan fingerprint density at radius 3 is 2.42 bits per heavy atom. The third kappa shape index (κ3) is 4.10. The summed E-state index contributed by atoms with van der Waals surface area (Å²) in [4.78, 5) is 25.6. The Labute approximate surface area is 149 Å². The van der Waals surface area contributed by atoms with Crippen molar-refractivity contribution < 1.29 is 14.0 Å². The van der Waals surface area contributed by atoms with Crippen molar-refractivity contribution in [2.75, 3.05) is 11.5 Å². The minimum absolute atomic E-state index is 0.221. The Bertz CT molecular complexity index is 766. The first-order valence-corrected chi connectivity index (χ1v) is 9.58. The number of benzene rings is 1. The third-order valence-electron chi connectivity index (χ3n) is 3.41. The number of rotatable bonds is 5. The van der Waals surface area contributed by atoms with E-state index in [4.69, 9.17) is 4.42 Å². The molecule has 0 atom stereocenters. The van der Waals surface area contributed by atoms with Crippen LogP contribution >= 0.6 is 23.5 Å². The molecule has 3 nitrogen and oxygen atoms in total. The number of carbonyl (C=O) groups excluding carboxylic acids is 2. The molecule has 0 radical (unpaired) electrons. The van der Waals surface area contributed by atoms with Gasteiger partial charge in [0, 0.05) is 5.56 Å². The molecular weight excluding hydrogens is 340 g/mol. The fourth-order valence-electron chi connectivity index (χ4n) is 2.24. The summed E-state index contributed by atoms with van der Waals surface area (Å²) in [5.41, 5.74) is 0.797. The van der Waals surface area contributed by atoms with Crippen molar-refractivity contribution in [3.05, 3.63) is 75.9 Å². The Morgan fingerprint density at radius 2 is 1.75 bits per heavy atom. The largest absolute Gasteiger partial charge is 0.465 e. The lowest BCUT2D eigenvalue weighted by molar-refractivity contribution is -0.111. The Kier molecular flexibility index (Phi) is 5.77. The van der Waals surface area contributed by atoms with E-state index in [1.54, 1.807) is 72.3 Å². The Balaban J connectivity index is 1.93. The normalized spacial score (nSPS) is 14.8. The van der Waals surface area contributed by atoms with Crippen molar-refractivity contribution in [3.63, 3.8) is 0 Å². The average Bonchev–Trinajstić information content (AvgIpc) is 3.15. The zero-order valence-corrected chi connectivity index (χ0v) is 14.6. The number of furan rings is 1. The van der Waals surface area contributed by atoms with Gasteiger partial charge in [0.25, 0.3) is 0 Å². The third-order valence-corrected chi connectivity index (χ3v) is 6.04. The maximum atomic E-state index is 12.9. The van der Waals surface area contributed by atoms with Crippen LogP contribution in [0, 0.1) is 0 Å². The van der Waals surface area contributed by atoms with Crippen molar-refractivity contribution in [2.24, 2.45) is 0 Å². The highest BCUT2D eigenvalue weighted by atomic mass is 32.2. The zero-order valence-electron chi connectivity index (χ0n) is 12.9. The number of carbonyl (C=O) groups is 2. The number of allylic oxidation sites excluding steroid dienone is 2. The number of ketones is 2. The number of hydrogen-bond donors (Lipinski definition) is 0. The lowest BCUT2D eigenvalue weighted by atomic mass is 10.0. The Morgan fingerprint density at radius 1 is 1.00 bits per heavy atom. The summed E-state index contributed by atoms with van der Waals surface area (Å²) < 4.78 is 6.03. The molecule has 5 heteroatoms. The molecule has 0 unspecified atom stereocenters. The summed E-state index contributed by atoms with van der Waals surface area (Å²) in [5.74, 6) is 1.95. The van der Waals surface area contributed by atoms with Crippen LogP contribution in [0.15, 0.2) is 69.0 Å². The fraction of sp³-hybridized carbons (Fsp3) is 0.158. The van der Waals surface area contributed by atoms with Crippen LogP contribution in [0.25, 0.3) is 6.08 Å². The van der Waals surface area contributed by atoms with Gasteiger partial charge in [0.2, 0.25) is 0 Å². The first-order chi connectivity index (χ1) is 11.8. The van der Waals surface area contributed by atoms with Crippen molar-refractivity contribution in [2.45, 2.75) is 6.42 Å². The smallest absolute Gasteiger partial charge is 0.198 e. The van der Waals surface area contributed by atoms with E-state index in [0.717, 1.165) is 22.2 Å². The van der Waals surface area contributed by atoms with Gasteiger partial charge in [-0.05, 0) is 42.2 Å². The highest BCUT2D eigenvalue weighted by molar-refractivity contribution is 8.22. The van der Waals surface area contributed by atoms with E-state index in [1.807, 2.05) is 6.07 Å². The van der Waals surface area contributed by atoms with Crippen molar-refractivity contribution in [1.82, 2.24) is 0 Å². The quantitative estimate of drug-likeness (QED) is 0.332. The van der Waals surface area contributed by atoms with Gasteiger partial charge in [-0.25, -0.2) is 0 Å².